The van der Waals surface area contributed by atoms with Crippen LogP contribution in [0.25, 0.3) is 0 Å². The van der Waals surface area contributed by atoms with E-state index in [0.717, 1.165) is 23.5 Å². The maximum absolute atomic E-state index is 13.5. The Balaban J connectivity index is 1.33. The van der Waals surface area contributed by atoms with Crippen LogP contribution in [0.4, 0.5) is 5.13 Å². The number of thiazole rings is 1. The molecule has 3 aromatic rings. The normalized spacial score (nSPS) is 18.1. The van der Waals surface area contributed by atoms with Crippen molar-refractivity contribution in [2.75, 3.05) is 24.5 Å². The number of amides is 2. The van der Waals surface area contributed by atoms with E-state index in [-0.39, 0.29) is 40.3 Å². The maximum Gasteiger partial charge on any atom is 0.355 e. The van der Waals surface area contributed by atoms with Crippen molar-refractivity contribution in [3.63, 3.8) is 0 Å². The minimum absolute atomic E-state index is 0.00119. The predicted octanol–water partition coefficient (Wildman–Crippen LogP) is 2.33. The Hall–Kier alpha value is -5.00. The van der Waals surface area contributed by atoms with Crippen LogP contribution in [0.1, 0.15) is 22.9 Å². The van der Waals surface area contributed by atoms with Crippen LogP contribution in [0.5, 0.6) is 17.2 Å². The number of phenolic OH excluding ortho intramolecular Hbond substituents is 2. The fourth-order valence-corrected chi connectivity index (χ4v) is 6.81. The summed E-state index contributed by atoms with van der Waals surface area (Å²) >= 11 is 8.36. The van der Waals surface area contributed by atoms with Crippen LogP contribution in [-0.4, -0.2) is 84.8 Å². The number of hydrogen-bond donors (Lipinski definition) is 5. The zero-order chi connectivity index (χ0) is 33.8. The second-order valence-electron chi connectivity index (χ2n) is 9.95. The third-order valence-electron chi connectivity index (χ3n) is 6.97. The zero-order valence-electron chi connectivity index (χ0n) is 24.3. The van der Waals surface area contributed by atoms with Crippen molar-refractivity contribution in [1.29, 1.82) is 0 Å². The van der Waals surface area contributed by atoms with E-state index < -0.39 is 58.5 Å². The molecule has 246 valence electrons. The SMILES string of the molecule is COc1ccc(COC(=O)C2=C(CCl)CS[C@@H]3[C@H](NC(=O)/C(=N\O[C@@H](C(=O)O)c4ccc(O)c(O)c4)c4csc(N)n4)C(=O)N23)cc1. The van der Waals surface area contributed by atoms with Crippen LogP contribution in [0.15, 0.2) is 64.3 Å². The number of phenols is 2. The molecule has 6 N–H and O–H groups in total. The van der Waals surface area contributed by atoms with Crippen molar-refractivity contribution < 1.29 is 48.8 Å². The van der Waals surface area contributed by atoms with Gasteiger partial charge in [0.2, 0.25) is 6.10 Å². The number of nitrogens with two attached hydrogens (primary N) is 1. The number of anilines is 1. The highest BCUT2D eigenvalue weighted by Crippen LogP contribution is 2.41. The topological polar surface area (TPSA) is 223 Å². The second kappa shape index (κ2) is 14.2. The molecule has 0 bridgehead atoms. The fraction of sp³-hybridized carbons (Fsp3) is 0.241. The molecule has 47 heavy (non-hydrogen) atoms. The molecule has 0 aliphatic carbocycles. The van der Waals surface area contributed by atoms with Gasteiger partial charge in [-0.3, -0.25) is 14.5 Å². The number of methoxy groups -OCH3 is 1. The van der Waals surface area contributed by atoms with E-state index in [9.17, 15) is 34.5 Å². The van der Waals surface area contributed by atoms with E-state index in [0.29, 0.717) is 16.9 Å². The molecule has 18 heteroatoms. The summed E-state index contributed by atoms with van der Waals surface area (Å²) in [7, 11) is 1.53. The van der Waals surface area contributed by atoms with Gasteiger partial charge in [0.15, 0.2) is 22.3 Å². The molecule has 2 aliphatic rings. The first-order chi connectivity index (χ1) is 22.5. The summed E-state index contributed by atoms with van der Waals surface area (Å²) in [5.41, 5.74) is 6.27. The standard InChI is InChI=1S/C29H26ClN5O10S2/c1-43-16-5-2-13(3-6-16)10-44-28(42)22-15(9-30)11-46-26-21(25(39)35(22)26)33-24(38)20(17-12-47-29(31)32-17)34-45-23(27(40)41)14-4-7-18(36)19(37)8-14/h2-8,12,21,23,26,36-37H,9-11H2,1H3,(H2,31,32)(H,33,38)(H,40,41)/b34-20-/t21-,23-,26-/m1/s1. The number of aliphatic carboxylic acids is 1. The summed E-state index contributed by atoms with van der Waals surface area (Å²) in [5.74, 6) is -4.03. The lowest BCUT2D eigenvalue weighted by Crippen LogP contribution is -2.71. The van der Waals surface area contributed by atoms with Gasteiger partial charge in [0.05, 0.1) is 7.11 Å². The number of nitrogens with zero attached hydrogens (tertiary/aromatic N) is 3. The van der Waals surface area contributed by atoms with Crippen LogP contribution in [0, 0.1) is 0 Å². The van der Waals surface area contributed by atoms with Crippen molar-refractivity contribution in [3.8, 4) is 17.2 Å². The number of oxime groups is 1. The lowest BCUT2D eigenvalue weighted by molar-refractivity contribution is -0.153. The van der Waals surface area contributed by atoms with Gasteiger partial charge in [0.1, 0.15) is 35.2 Å². The number of rotatable bonds is 12. The molecule has 2 amide bonds. The van der Waals surface area contributed by atoms with Gasteiger partial charge in [0, 0.05) is 22.6 Å². The molecular weight excluding hydrogens is 678 g/mol. The van der Waals surface area contributed by atoms with Crippen molar-refractivity contribution in [3.05, 3.63) is 75.9 Å². The minimum Gasteiger partial charge on any atom is -0.504 e. The molecule has 0 spiro atoms. The second-order valence-corrected chi connectivity index (χ2v) is 12.2. The smallest absolute Gasteiger partial charge is 0.355 e. The average molecular weight is 704 g/mol. The quantitative estimate of drug-likeness (QED) is 0.0457. The number of β-lactam (4-membered cyclic amide) rings is 1. The monoisotopic (exact) mass is 703 g/mol. The van der Waals surface area contributed by atoms with E-state index in [1.54, 1.807) is 24.3 Å². The third-order valence-corrected chi connectivity index (χ3v) is 9.31. The maximum atomic E-state index is 13.5. The Kier molecular flexibility index (Phi) is 10.1. The molecular formula is C29H26ClN5O10S2. The number of carbonyl (C=O) groups is 4. The Morgan fingerprint density at radius 3 is 2.55 bits per heavy atom. The van der Waals surface area contributed by atoms with E-state index in [2.05, 4.69) is 15.5 Å². The van der Waals surface area contributed by atoms with Gasteiger partial charge in [0.25, 0.3) is 11.8 Å². The highest BCUT2D eigenvalue weighted by molar-refractivity contribution is 8.00. The number of halogens is 1. The molecule has 1 saturated heterocycles. The molecule has 5 rings (SSSR count). The van der Waals surface area contributed by atoms with Gasteiger partial charge in [-0.15, -0.1) is 34.7 Å². The van der Waals surface area contributed by atoms with Crippen molar-refractivity contribution in [2.24, 2.45) is 5.16 Å². The van der Waals surface area contributed by atoms with E-state index in [4.69, 9.17) is 31.6 Å². The summed E-state index contributed by atoms with van der Waals surface area (Å²) in [4.78, 5) is 62.5. The minimum atomic E-state index is -1.80. The lowest BCUT2D eigenvalue weighted by atomic mass is 10.0. The summed E-state index contributed by atoms with van der Waals surface area (Å²) in [6.07, 6.45) is -1.80. The number of benzene rings is 2. The van der Waals surface area contributed by atoms with Crippen molar-refractivity contribution >= 4 is 69.3 Å². The van der Waals surface area contributed by atoms with Gasteiger partial charge in [-0.05, 0) is 35.4 Å². The first-order valence-corrected chi connectivity index (χ1v) is 16.0. The van der Waals surface area contributed by atoms with Gasteiger partial charge in [-0.25, -0.2) is 14.6 Å². The summed E-state index contributed by atoms with van der Waals surface area (Å²) in [6, 6.07) is 9.00. The van der Waals surface area contributed by atoms with Crippen LogP contribution in [0.2, 0.25) is 0 Å². The molecule has 0 unspecified atom stereocenters. The molecule has 0 saturated carbocycles. The van der Waals surface area contributed by atoms with Crippen LogP contribution >= 0.6 is 34.7 Å². The van der Waals surface area contributed by atoms with Gasteiger partial charge in [-0.2, -0.15) is 0 Å². The number of esters is 1. The Morgan fingerprint density at radius 2 is 1.94 bits per heavy atom. The molecule has 1 fully saturated rings. The Labute approximate surface area is 279 Å². The molecule has 15 nitrogen and oxygen atoms in total. The highest BCUT2D eigenvalue weighted by atomic mass is 35.5. The number of aromatic nitrogens is 1. The molecule has 2 aliphatic heterocycles. The van der Waals surface area contributed by atoms with Gasteiger partial charge < -0.3 is 40.7 Å². The number of nitrogens with one attached hydrogen (secondary N) is 1. The average Bonchev–Trinajstić information content (AvgIpc) is 3.50. The zero-order valence-corrected chi connectivity index (χ0v) is 26.7. The fourth-order valence-electron chi connectivity index (χ4n) is 4.58. The third kappa shape index (κ3) is 7.06. The lowest BCUT2D eigenvalue weighted by Gasteiger charge is -2.49. The number of carboxylic acids is 1. The van der Waals surface area contributed by atoms with Crippen LogP contribution < -0.4 is 15.8 Å². The summed E-state index contributed by atoms with van der Waals surface area (Å²) in [6.45, 7) is -0.0698. The molecule has 3 heterocycles. The van der Waals surface area contributed by atoms with E-state index in [1.165, 1.54) is 35.2 Å². The van der Waals surface area contributed by atoms with Gasteiger partial charge in [-0.1, -0.05) is 23.4 Å². The molecule has 3 atom stereocenters. The van der Waals surface area contributed by atoms with E-state index in [1.807, 2.05) is 0 Å². The number of ether oxygens (including phenoxy) is 2. The largest absolute Gasteiger partial charge is 0.504 e. The van der Waals surface area contributed by atoms with Crippen LogP contribution in [-0.2, 0) is 35.4 Å². The number of nitrogen functional groups attached to an aromatic ring is 1. The molecule has 0 radical (unpaired) electrons. The summed E-state index contributed by atoms with van der Waals surface area (Å²) < 4.78 is 10.6. The molecule has 2 aromatic carbocycles. The Bertz CT molecular complexity index is 1780. The number of hydrogen-bond acceptors (Lipinski definition) is 14. The number of alkyl halides is 1. The molecule has 1 aromatic heterocycles. The highest BCUT2D eigenvalue weighted by Gasteiger charge is 2.54. The van der Waals surface area contributed by atoms with Crippen molar-refractivity contribution in [2.45, 2.75) is 24.1 Å². The summed E-state index contributed by atoms with van der Waals surface area (Å²) in [5, 5.41) is 36.2. The first-order valence-electron chi connectivity index (χ1n) is 13.6. The number of fused-ring (bicyclic) bond motifs is 1. The number of aromatic hydroxyl groups is 2. The van der Waals surface area contributed by atoms with Gasteiger partial charge >= 0.3 is 11.9 Å². The number of carboxylic acid groups (broad SMARTS) is 1. The number of thioether (sulfide) groups is 1. The van der Waals surface area contributed by atoms with Crippen molar-refractivity contribution in [1.82, 2.24) is 15.2 Å². The first kappa shape index (κ1) is 33.4. The Morgan fingerprint density at radius 1 is 1.19 bits per heavy atom. The van der Waals surface area contributed by atoms with E-state index >= 15 is 0 Å². The predicted molar refractivity (Wildman–Crippen MR) is 170 cm³/mol. The number of carbonyl (C=O) groups excluding carboxylic acids is 3. The van der Waals surface area contributed by atoms with Crippen LogP contribution in [0.3, 0.4) is 0 Å².